The molecule has 0 aromatic carbocycles. The van der Waals surface area contributed by atoms with E-state index in [4.69, 9.17) is 9.84 Å². The van der Waals surface area contributed by atoms with Crippen LogP contribution in [0.15, 0.2) is 0 Å². The predicted molar refractivity (Wildman–Crippen MR) is 62.9 cm³/mol. The van der Waals surface area contributed by atoms with Crippen molar-refractivity contribution in [1.82, 2.24) is 5.32 Å². The van der Waals surface area contributed by atoms with Gasteiger partial charge < -0.3 is 15.2 Å². The summed E-state index contributed by atoms with van der Waals surface area (Å²) in [6, 6.07) is -0.718. The van der Waals surface area contributed by atoms with Gasteiger partial charge in [0.1, 0.15) is 6.04 Å². The maximum Gasteiger partial charge on any atom is 0.326 e. The smallest absolute Gasteiger partial charge is 0.326 e. The van der Waals surface area contributed by atoms with Crippen LogP contribution in [0.1, 0.15) is 38.5 Å². The molecule has 2 N–H and O–H groups in total. The van der Waals surface area contributed by atoms with E-state index in [1.54, 1.807) is 0 Å². The van der Waals surface area contributed by atoms with Crippen LogP contribution in [0.4, 0.5) is 0 Å². The average molecular weight is 253 g/mol. The number of ether oxygens (including phenoxy) is 1. The molecule has 0 radical (unpaired) electrons. The fraction of sp³-hybridized carbons (Fsp3) is 0.846. The number of hydrogen-bond acceptors (Lipinski definition) is 3. The molecule has 1 saturated carbocycles. The molecule has 0 spiro atoms. The highest BCUT2D eigenvalue weighted by atomic mass is 16.5. The number of carbonyl (C=O) groups excluding carboxylic acids is 1. The van der Waals surface area contributed by atoms with E-state index in [2.05, 4.69) is 5.32 Å². The van der Waals surface area contributed by atoms with Gasteiger partial charge in [-0.3, -0.25) is 4.79 Å². The summed E-state index contributed by atoms with van der Waals surface area (Å²) in [6.45, 7) is 0. The molecule has 2 heterocycles. The fourth-order valence-corrected chi connectivity index (χ4v) is 3.10. The highest BCUT2D eigenvalue weighted by Gasteiger charge is 2.45. The molecule has 2 bridgehead atoms. The molecule has 1 amide bonds. The van der Waals surface area contributed by atoms with Gasteiger partial charge in [-0.25, -0.2) is 4.79 Å². The number of rotatable bonds is 5. The molecule has 2 saturated heterocycles. The summed E-state index contributed by atoms with van der Waals surface area (Å²) in [7, 11) is 0. The van der Waals surface area contributed by atoms with Crippen molar-refractivity contribution >= 4 is 11.9 Å². The van der Waals surface area contributed by atoms with Gasteiger partial charge in [0.15, 0.2) is 0 Å². The summed E-state index contributed by atoms with van der Waals surface area (Å²) in [5.41, 5.74) is 0. The topological polar surface area (TPSA) is 75.6 Å². The van der Waals surface area contributed by atoms with Crippen molar-refractivity contribution in [1.29, 1.82) is 0 Å². The quantitative estimate of drug-likeness (QED) is 0.764. The minimum absolute atomic E-state index is 0.0189. The van der Waals surface area contributed by atoms with E-state index in [-0.39, 0.29) is 24.0 Å². The Morgan fingerprint density at radius 2 is 2.06 bits per heavy atom. The van der Waals surface area contributed by atoms with Crippen molar-refractivity contribution < 1.29 is 19.4 Å². The number of hydrogen-bond donors (Lipinski definition) is 2. The first-order valence-corrected chi connectivity index (χ1v) is 6.82. The monoisotopic (exact) mass is 253 g/mol. The van der Waals surface area contributed by atoms with Gasteiger partial charge in [-0.2, -0.15) is 0 Å². The summed E-state index contributed by atoms with van der Waals surface area (Å²) in [6.07, 6.45) is 5.73. The Hall–Kier alpha value is -1.10. The van der Waals surface area contributed by atoms with E-state index < -0.39 is 12.0 Å². The van der Waals surface area contributed by atoms with Gasteiger partial charge in [0.2, 0.25) is 5.91 Å². The second-order valence-electron chi connectivity index (χ2n) is 5.79. The maximum atomic E-state index is 12.1. The molecular weight excluding hydrogens is 234 g/mol. The molecule has 5 heteroatoms. The second kappa shape index (κ2) is 4.53. The van der Waals surface area contributed by atoms with Crippen LogP contribution in [0, 0.1) is 11.8 Å². The molecule has 4 unspecified atom stereocenters. The number of aliphatic carboxylic acids is 1. The number of amides is 1. The molecule has 5 nitrogen and oxygen atoms in total. The molecule has 0 aromatic rings. The Labute approximate surface area is 106 Å². The zero-order chi connectivity index (χ0) is 12.7. The largest absolute Gasteiger partial charge is 0.480 e. The van der Waals surface area contributed by atoms with Crippen LogP contribution in [-0.4, -0.2) is 35.2 Å². The molecule has 3 fully saturated rings. The Morgan fingerprint density at radius 1 is 1.28 bits per heavy atom. The summed E-state index contributed by atoms with van der Waals surface area (Å²) in [5.74, 6) is -0.693. The summed E-state index contributed by atoms with van der Waals surface area (Å²) in [5, 5.41) is 11.8. The third-order valence-electron chi connectivity index (χ3n) is 4.32. The highest BCUT2D eigenvalue weighted by molar-refractivity contribution is 5.85. The zero-order valence-corrected chi connectivity index (χ0v) is 10.3. The lowest BCUT2D eigenvalue weighted by Gasteiger charge is -2.21. The number of carboxylic acids is 1. The summed E-state index contributed by atoms with van der Waals surface area (Å²) in [4.78, 5) is 23.2. The molecule has 4 atom stereocenters. The first kappa shape index (κ1) is 12.0. The Kier molecular flexibility index (Phi) is 3.01. The van der Waals surface area contributed by atoms with Gasteiger partial charge in [0.25, 0.3) is 0 Å². The summed E-state index contributed by atoms with van der Waals surface area (Å²) < 4.78 is 5.63. The van der Waals surface area contributed by atoms with E-state index >= 15 is 0 Å². The fourth-order valence-electron chi connectivity index (χ4n) is 3.10. The van der Waals surface area contributed by atoms with E-state index in [0.29, 0.717) is 12.3 Å². The van der Waals surface area contributed by atoms with Gasteiger partial charge in [0, 0.05) is 0 Å². The van der Waals surface area contributed by atoms with Crippen molar-refractivity contribution in [3.05, 3.63) is 0 Å². The van der Waals surface area contributed by atoms with Crippen LogP contribution in [0.5, 0.6) is 0 Å². The first-order valence-electron chi connectivity index (χ1n) is 6.82. The third kappa shape index (κ3) is 2.36. The standard InChI is InChI=1S/C13H19NO4/c15-12(9-6-8-3-4-11(9)18-8)14-10(13(16)17)5-7-1-2-7/h7-11H,1-6H2,(H,14,15)(H,16,17). The third-order valence-corrected chi connectivity index (χ3v) is 4.32. The molecule has 18 heavy (non-hydrogen) atoms. The minimum Gasteiger partial charge on any atom is -0.480 e. The van der Waals surface area contributed by atoms with Crippen molar-refractivity contribution in [2.24, 2.45) is 11.8 Å². The van der Waals surface area contributed by atoms with Crippen LogP contribution in [0.2, 0.25) is 0 Å². The molecule has 100 valence electrons. The van der Waals surface area contributed by atoms with Crippen LogP contribution in [0.3, 0.4) is 0 Å². The lowest BCUT2D eigenvalue weighted by molar-refractivity contribution is -0.143. The van der Waals surface area contributed by atoms with Crippen LogP contribution in [-0.2, 0) is 14.3 Å². The normalized spacial score (nSPS) is 35.4. The Balaban J connectivity index is 1.56. The zero-order valence-electron chi connectivity index (χ0n) is 10.3. The number of fused-ring (bicyclic) bond motifs is 2. The summed E-state index contributed by atoms with van der Waals surface area (Å²) >= 11 is 0. The van der Waals surface area contributed by atoms with Crippen molar-refractivity contribution in [2.75, 3.05) is 0 Å². The highest BCUT2D eigenvalue weighted by Crippen LogP contribution is 2.39. The molecule has 1 aliphatic carbocycles. The van der Waals surface area contributed by atoms with Crippen LogP contribution >= 0.6 is 0 Å². The van der Waals surface area contributed by atoms with Gasteiger partial charge in [-0.15, -0.1) is 0 Å². The van der Waals surface area contributed by atoms with Crippen molar-refractivity contribution in [3.63, 3.8) is 0 Å². The van der Waals surface area contributed by atoms with E-state index in [1.165, 1.54) is 0 Å². The number of carbonyl (C=O) groups is 2. The first-order chi connectivity index (χ1) is 8.63. The van der Waals surface area contributed by atoms with Crippen molar-refractivity contribution in [2.45, 2.75) is 56.8 Å². The van der Waals surface area contributed by atoms with Gasteiger partial charge in [-0.05, 0) is 31.6 Å². The van der Waals surface area contributed by atoms with Crippen molar-refractivity contribution in [3.8, 4) is 0 Å². The molecule has 2 aliphatic heterocycles. The number of carboxylic acid groups (broad SMARTS) is 1. The van der Waals surface area contributed by atoms with Gasteiger partial charge in [-0.1, -0.05) is 12.8 Å². The SMILES string of the molecule is O=C(O)C(CC1CC1)NC(=O)C1CC2CCC1O2. The second-order valence-corrected chi connectivity index (χ2v) is 5.79. The van der Waals surface area contributed by atoms with Crippen LogP contribution < -0.4 is 5.32 Å². The van der Waals surface area contributed by atoms with Crippen LogP contribution in [0.25, 0.3) is 0 Å². The lowest BCUT2D eigenvalue weighted by atomic mass is 9.88. The minimum atomic E-state index is -0.917. The average Bonchev–Trinajstić information content (AvgIpc) is 2.90. The molecule has 3 rings (SSSR count). The molecular formula is C13H19NO4. The Bertz CT molecular complexity index is 366. The Morgan fingerprint density at radius 3 is 2.56 bits per heavy atom. The van der Waals surface area contributed by atoms with E-state index in [9.17, 15) is 9.59 Å². The van der Waals surface area contributed by atoms with E-state index in [0.717, 1.165) is 32.1 Å². The molecule has 0 aromatic heterocycles. The molecule has 3 aliphatic rings. The van der Waals surface area contributed by atoms with E-state index in [1.807, 2.05) is 0 Å². The maximum absolute atomic E-state index is 12.1. The number of nitrogens with one attached hydrogen (secondary N) is 1. The van der Waals surface area contributed by atoms with Gasteiger partial charge >= 0.3 is 5.97 Å². The lowest BCUT2D eigenvalue weighted by Crippen LogP contribution is -2.45. The predicted octanol–water partition coefficient (Wildman–Crippen LogP) is 0.923. The van der Waals surface area contributed by atoms with Gasteiger partial charge in [0.05, 0.1) is 18.1 Å².